The molecule has 2 bridgehead atoms. The van der Waals surface area contributed by atoms with Crippen molar-refractivity contribution in [3.05, 3.63) is 59.8 Å². The van der Waals surface area contributed by atoms with Crippen molar-refractivity contribution >= 4 is 5.91 Å². The minimum absolute atomic E-state index is 0.0339. The fourth-order valence-electron chi connectivity index (χ4n) is 5.87. The van der Waals surface area contributed by atoms with Gasteiger partial charge in [0.15, 0.2) is 11.5 Å². The highest BCUT2D eigenvalue weighted by atomic mass is 16.7. The number of carbonyl (C=O) groups is 1. The van der Waals surface area contributed by atoms with Crippen LogP contribution in [0.4, 0.5) is 0 Å². The molecular weight excluding hydrogens is 466 g/mol. The number of hydrogen-bond donors (Lipinski definition) is 1. The van der Waals surface area contributed by atoms with E-state index < -0.39 is 0 Å². The maximum absolute atomic E-state index is 13.1. The van der Waals surface area contributed by atoms with Gasteiger partial charge in [-0.2, -0.15) is 0 Å². The zero-order valence-corrected chi connectivity index (χ0v) is 21.8. The Morgan fingerprint density at radius 3 is 2.68 bits per heavy atom. The Morgan fingerprint density at radius 1 is 1.11 bits per heavy atom. The normalized spacial score (nSPS) is 24.3. The van der Waals surface area contributed by atoms with Crippen LogP contribution in [0.15, 0.2) is 48.7 Å². The molecule has 1 unspecified atom stereocenters. The standard InChI is InChI=1S/C29H35N5O3/c1-29(2,3)22-7-5-20(6-8-22)25-17-34(32-31-25)15-23-13-21-10-11-33(23)16-24(21)28(35)30-14-19-4-9-26-27(12-19)37-18-36-26/h4-9,12,17,21,23-24H,10-11,13-16,18H2,1-3H3,(H,30,35)/t21-,23-,24+/m1/s1. The Kier molecular flexibility index (Phi) is 6.15. The fraction of sp³-hybridized carbons (Fsp3) is 0.483. The summed E-state index contributed by atoms with van der Waals surface area (Å²) in [6.45, 7) is 10.1. The third kappa shape index (κ3) is 4.94. The first kappa shape index (κ1) is 24.0. The number of piperidine rings is 3. The third-order valence-electron chi connectivity index (χ3n) is 8.10. The fourth-order valence-corrected chi connectivity index (χ4v) is 5.87. The van der Waals surface area contributed by atoms with Crippen LogP contribution in [0.5, 0.6) is 11.5 Å². The first-order valence-electron chi connectivity index (χ1n) is 13.2. The third-order valence-corrected chi connectivity index (χ3v) is 8.10. The van der Waals surface area contributed by atoms with Gasteiger partial charge in [-0.1, -0.05) is 56.3 Å². The van der Waals surface area contributed by atoms with Gasteiger partial charge in [0, 0.05) is 24.7 Å². The van der Waals surface area contributed by atoms with E-state index in [1.807, 2.05) is 29.1 Å². The van der Waals surface area contributed by atoms with Gasteiger partial charge in [0.25, 0.3) is 0 Å². The number of rotatable bonds is 6. The summed E-state index contributed by atoms with van der Waals surface area (Å²) in [6.07, 6.45) is 4.13. The van der Waals surface area contributed by atoms with Gasteiger partial charge in [0.1, 0.15) is 5.69 Å². The summed E-state index contributed by atoms with van der Waals surface area (Å²) in [6, 6.07) is 14.8. The minimum atomic E-state index is 0.0339. The molecule has 7 rings (SSSR count). The van der Waals surface area contributed by atoms with Crippen molar-refractivity contribution < 1.29 is 14.3 Å². The van der Waals surface area contributed by atoms with Crippen molar-refractivity contribution in [2.75, 3.05) is 19.9 Å². The molecule has 37 heavy (non-hydrogen) atoms. The molecule has 3 saturated heterocycles. The molecule has 5 heterocycles. The topological polar surface area (TPSA) is 81.5 Å². The second-order valence-corrected chi connectivity index (χ2v) is 11.6. The average molecular weight is 502 g/mol. The summed E-state index contributed by atoms with van der Waals surface area (Å²) in [5.41, 5.74) is 4.45. The summed E-state index contributed by atoms with van der Waals surface area (Å²) in [4.78, 5) is 15.5. The Morgan fingerprint density at radius 2 is 1.92 bits per heavy atom. The molecule has 2 aromatic carbocycles. The minimum Gasteiger partial charge on any atom is -0.454 e. The predicted molar refractivity (Wildman–Crippen MR) is 140 cm³/mol. The zero-order valence-electron chi connectivity index (χ0n) is 21.8. The molecular formula is C29H35N5O3. The van der Waals surface area contributed by atoms with E-state index in [4.69, 9.17) is 9.47 Å². The molecule has 1 aromatic heterocycles. The van der Waals surface area contributed by atoms with Crippen LogP contribution >= 0.6 is 0 Å². The Labute approximate surface area is 217 Å². The molecule has 0 saturated carbocycles. The van der Waals surface area contributed by atoms with Gasteiger partial charge in [0.05, 0.1) is 18.7 Å². The van der Waals surface area contributed by atoms with Crippen LogP contribution in [0.3, 0.4) is 0 Å². The van der Waals surface area contributed by atoms with Gasteiger partial charge < -0.3 is 14.8 Å². The van der Waals surface area contributed by atoms with E-state index in [1.165, 1.54) is 5.56 Å². The van der Waals surface area contributed by atoms with E-state index in [1.54, 1.807) is 0 Å². The summed E-state index contributed by atoms with van der Waals surface area (Å²) in [5, 5.41) is 12.0. The molecule has 4 atom stereocenters. The first-order valence-corrected chi connectivity index (χ1v) is 13.2. The number of benzene rings is 2. The lowest BCUT2D eigenvalue weighted by Gasteiger charge is -2.49. The molecule has 0 aliphatic carbocycles. The summed E-state index contributed by atoms with van der Waals surface area (Å²) in [7, 11) is 0. The van der Waals surface area contributed by atoms with Crippen LogP contribution in [-0.4, -0.2) is 51.7 Å². The summed E-state index contributed by atoms with van der Waals surface area (Å²) < 4.78 is 12.8. The van der Waals surface area contributed by atoms with Crippen LogP contribution in [-0.2, 0) is 23.3 Å². The van der Waals surface area contributed by atoms with Gasteiger partial charge in [-0.25, -0.2) is 0 Å². The first-order chi connectivity index (χ1) is 17.8. The van der Waals surface area contributed by atoms with Gasteiger partial charge in [-0.3, -0.25) is 14.4 Å². The van der Waals surface area contributed by atoms with Crippen LogP contribution in [0.2, 0.25) is 0 Å². The van der Waals surface area contributed by atoms with E-state index in [0.29, 0.717) is 18.5 Å². The van der Waals surface area contributed by atoms with Crippen LogP contribution in [0.25, 0.3) is 11.3 Å². The molecule has 4 aliphatic rings. The maximum atomic E-state index is 13.1. The van der Waals surface area contributed by atoms with Gasteiger partial charge in [0.2, 0.25) is 12.7 Å². The van der Waals surface area contributed by atoms with Crippen LogP contribution in [0, 0.1) is 11.8 Å². The van der Waals surface area contributed by atoms with Gasteiger partial charge in [-0.05, 0) is 54.0 Å². The molecule has 3 aromatic rings. The van der Waals surface area contributed by atoms with Crippen molar-refractivity contribution in [3.63, 3.8) is 0 Å². The lowest BCUT2D eigenvalue weighted by Crippen LogP contribution is -2.57. The largest absolute Gasteiger partial charge is 0.454 e. The van der Waals surface area contributed by atoms with E-state index in [9.17, 15) is 4.79 Å². The van der Waals surface area contributed by atoms with Crippen LogP contribution in [0.1, 0.15) is 44.7 Å². The smallest absolute Gasteiger partial charge is 0.231 e. The van der Waals surface area contributed by atoms with E-state index in [2.05, 4.69) is 65.6 Å². The Bertz CT molecular complexity index is 1280. The number of carbonyl (C=O) groups excluding carboxylic acids is 1. The second kappa shape index (κ2) is 9.49. The van der Waals surface area contributed by atoms with Crippen molar-refractivity contribution in [2.45, 2.75) is 58.2 Å². The number of nitrogens with one attached hydrogen (secondary N) is 1. The SMILES string of the molecule is CC(C)(C)c1ccc(-c2cn(C[C@H]3C[C@H]4CCN3C[C@@H]4C(=O)NCc3ccc4c(c3)OCO4)nn2)cc1. The van der Waals surface area contributed by atoms with Crippen molar-refractivity contribution in [1.82, 2.24) is 25.2 Å². The highest BCUT2D eigenvalue weighted by molar-refractivity contribution is 5.79. The molecule has 1 amide bonds. The number of fused-ring (bicyclic) bond motifs is 4. The molecule has 8 nitrogen and oxygen atoms in total. The number of ether oxygens (including phenoxy) is 2. The summed E-state index contributed by atoms with van der Waals surface area (Å²) in [5.74, 6) is 2.09. The summed E-state index contributed by atoms with van der Waals surface area (Å²) >= 11 is 0. The van der Waals surface area contributed by atoms with E-state index in [0.717, 1.165) is 60.8 Å². The highest BCUT2D eigenvalue weighted by Gasteiger charge is 2.43. The molecule has 4 aliphatic heterocycles. The molecule has 1 N–H and O–H groups in total. The van der Waals surface area contributed by atoms with Gasteiger partial charge in [-0.15, -0.1) is 5.10 Å². The van der Waals surface area contributed by atoms with Crippen molar-refractivity contribution in [2.24, 2.45) is 11.8 Å². The van der Waals surface area contributed by atoms with E-state index >= 15 is 0 Å². The lowest BCUT2D eigenvalue weighted by molar-refractivity contribution is -0.133. The number of aromatic nitrogens is 3. The van der Waals surface area contributed by atoms with Crippen molar-refractivity contribution in [3.8, 4) is 22.8 Å². The highest BCUT2D eigenvalue weighted by Crippen LogP contribution is 2.37. The molecule has 3 fully saturated rings. The van der Waals surface area contributed by atoms with Gasteiger partial charge >= 0.3 is 0 Å². The zero-order chi connectivity index (χ0) is 25.6. The predicted octanol–water partition coefficient (Wildman–Crippen LogP) is 4.00. The van der Waals surface area contributed by atoms with Crippen molar-refractivity contribution in [1.29, 1.82) is 0 Å². The number of hydrogen-bond acceptors (Lipinski definition) is 6. The second-order valence-electron chi connectivity index (χ2n) is 11.6. The molecule has 0 radical (unpaired) electrons. The quantitative estimate of drug-likeness (QED) is 0.550. The Balaban J connectivity index is 1.04. The monoisotopic (exact) mass is 501 g/mol. The van der Waals surface area contributed by atoms with Crippen LogP contribution < -0.4 is 14.8 Å². The molecule has 0 spiro atoms. The number of nitrogens with zero attached hydrogens (tertiary/aromatic N) is 4. The van der Waals surface area contributed by atoms with E-state index in [-0.39, 0.29) is 24.0 Å². The maximum Gasteiger partial charge on any atom is 0.231 e. The Hall–Kier alpha value is -3.39. The average Bonchev–Trinajstić information content (AvgIpc) is 3.56. The molecule has 194 valence electrons. The lowest BCUT2D eigenvalue weighted by atomic mass is 9.75. The number of amides is 1. The molecule has 8 heteroatoms.